The van der Waals surface area contributed by atoms with Crippen molar-refractivity contribution in [3.63, 3.8) is 0 Å². The Kier molecular flexibility index (Phi) is 4.41. The predicted octanol–water partition coefficient (Wildman–Crippen LogP) is 2.62. The fourth-order valence-electron chi connectivity index (χ4n) is 5.06. The Bertz CT molecular complexity index is 733. The number of nitrogens with one attached hydrogen (secondary N) is 2. The van der Waals surface area contributed by atoms with Crippen LogP contribution in [0.2, 0.25) is 0 Å². The van der Waals surface area contributed by atoms with Crippen LogP contribution in [0.3, 0.4) is 0 Å². The number of carbonyl (C=O) groups is 1. The molecule has 3 aliphatic carbocycles. The maximum absolute atomic E-state index is 11.9. The maximum Gasteiger partial charge on any atom is 0.243 e. The fraction of sp³-hybridized carbons (Fsp3) is 0.800. The van der Waals surface area contributed by atoms with Gasteiger partial charge in [0.25, 0.3) is 0 Å². The molecule has 7 nitrogen and oxygen atoms in total. The molecule has 1 amide bonds. The number of tetrazole rings is 1. The first-order valence-corrected chi connectivity index (χ1v) is 10.3. The van der Waals surface area contributed by atoms with E-state index in [4.69, 9.17) is 0 Å². The highest BCUT2D eigenvalue weighted by atomic mass is 16.1. The molecule has 27 heavy (non-hydrogen) atoms. The standard InChI is InChI=1S/C20H32N6O/c1-5-16(27)22-18(2,3)13-19(4,21-15-12-20(15)10-7-11-20)17-23-24-25-26(17)14-8-6-9-14/h5,14-15,21H,1,6-13H2,2-4H3,(H,22,27). The van der Waals surface area contributed by atoms with Gasteiger partial charge in [0.05, 0.1) is 11.6 Å². The second kappa shape index (κ2) is 6.40. The number of hydrogen-bond acceptors (Lipinski definition) is 5. The molecule has 7 heteroatoms. The van der Waals surface area contributed by atoms with Crippen LogP contribution in [-0.2, 0) is 10.3 Å². The van der Waals surface area contributed by atoms with Crippen molar-refractivity contribution in [2.24, 2.45) is 5.41 Å². The van der Waals surface area contributed by atoms with Crippen LogP contribution in [0, 0.1) is 5.41 Å². The van der Waals surface area contributed by atoms with Crippen molar-refractivity contribution in [1.82, 2.24) is 30.8 Å². The van der Waals surface area contributed by atoms with E-state index in [0.717, 1.165) is 18.7 Å². The van der Waals surface area contributed by atoms with Crippen LogP contribution in [0.25, 0.3) is 0 Å². The summed E-state index contributed by atoms with van der Waals surface area (Å²) >= 11 is 0. The summed E-state index contributed by atoms with van der Waals surface area (Å²) in [5.41, 5.74) is -0.309. The Morgan fingerprint density at radius 3 is 2.59 bits per heavy atom. The van der Waals surface area contributed by atoms with E-state index in [-0.39, 0.29) is 5.91 Å². The normalized spacial score (nSPS) is 26.0. The van der Waals surface area contributed by atoms with Gasteiger partial charge in [0.1, 0.15) is 0 Å². The summed E-state index contributed by atoms with van der Waals surface area (Å²) < 4.78 is 2.03. The summed E-state index contributed by atoms with van der Waals surface area (Å²) in [6.45, 7) is 9.88. The van der Waals surface area contributed by atoms with Crippen molar-refractivity contribution in [3.05, 3.63) is 18.5 Å². The molecule has 4 rings (SSSR count). The molecule has 3 aliphatic rings. The lowest BCUT2D eigenvalue weighted by atomic mass is 9.79. The Balaban J connectivity index is 1.60. The smallest absolute Gasteiger partial charge is 0.243 e. The van der Waals surface area contributed by atoms with Crippen LogP contribution < -0.4 is 10.6 Å². The van der Waals surface area contributed by atoms with Crippen molar-refractivity contribution in [3.8, 4) is 0 Å². The first-order chi connectivity index (χ1) is 12.8. The molecule has 0 aromatic carbocycles. The van der Waals surface area contributed by atoms with E-state index in [2.05, 4.69) is 53.5 Å². The third kappa shape index (κ3) is 3.42. The van der Waals surface area contributed by atoms with Gasteiger partial charge in [0, 0.05) is 11.6 Å². The summed E-state index contributed by atoms with van der Waals surface area (Å²) in [6.07, 6.45) is 10.8. The SMILES string of the molecule is C=CC(=O)NC(C)(C)CC(C)(NC1CC12CCC2)c1nnnn1C1CCC1. The number of amides is 1. The van der Waals surface area contributed by atoms with Gasteiger partial charge >= 0.3 is 0 Å². The summed E-state index contributed by atoms with van der Waals surface area (Å²) in [7, 11) is 0. The molecule has 0 saturated heterocycles. The molecule has 1 aromatic rings. The first-order valence-electron chi connectivity index (χ1n) is 10.3. The molecule has 1 heterocycles. The number of hydrogen-bond donors (Lipinski definition) is 2. The Hall–Kier alpha value is -1.76. The minimum Gasteiger partial charge on any atom is -0.348 e. The van der Waals surface area contributed by atoms with Crippen LogP contribution >= 0.6 is 0 Å². The molecule has 2 unspecified atom stereocenters. The van der Waals surface area contributed by atoms with Gasteiger partial charge in [-0.2, -0.15) is 0 Å². The van der Waals surface area contributed by atoms with E-state index in [0.29, 0.717) is 23.9 Å². The average Bonchev–Trinajstić information content (AvgIpc) is 3.01. The first kappa shape index (κ1) is 18.6. The maximum atomic E-state index is 11.9. The summed E-state index contributed by atoms with van der Waals surface area (Å²) in [5, 5.41) is 19.8. The van der Waals surface area contributed by atoms with E-state index in [1.54, 1.807) is 0 Å². The van der Waals surface area contributed by atoms with Gasteiger partial charge in [-0.1, -0.05) is 13.0 Å². The highest BCUT2D eigenvalue weighted by molar-refractivity contribution is 5.87. The Morgan fingerprint density at radius 2 is 2.07 bits per heavy atom. The van der Waals surface area contributed by atoms with Gasteiger partial charge in [-0.15, -0.1) is 5.10 Å². The second-order valence-corrected chi connectivity index (χ2v) is 9.73. The fourth-order valence-corrected chi connectivity index (χ4v) is 5.06. The quantitative estimate of drug-likeness (QED) is 0.685. The summed E-state index contributed by atoms with van der Waals surface area (Å²) in [5.74, 6) is 0.748. The summed E-state index contributed by atoms with van der Waals surface area (Å²) in [4.78, 5) is 11.9. The average molecular weight is 373 g/mol. The van der Waals surface area contributed by atoms with Crippen molar-refractivity contribution >= 4 is 5.91 Å². The number of nitrogens with zero attached hydrogens (tertiary/aromatic N) is 4. The van der Waals surface area contributed by atoms with Gasteiger partial charge in [-0.25, -0.2) is 4.68 Å². The van der Waals surface area contributed by atoms with Crippen molar-refractivity contribution in [2.75, 3.05) is 0 Å². The van der Waals surface area contributed by atoms with Crippen molar-refractivity contribution < 1.29 is 4.79 Å². The van der Waals surface area contributed by atoms with Crippen molar-refractivity contribution in [2.45, 2.75) is 95.3 Å². The van der Waals surface area contributed by atoms with E-state index < -0.39 is 11.1 Å². The lowest BCUT2D eigenvalue weighted by molar-refractivity contribution is -0.118. The van der Waals surface area contributed by atoms with Crippen LogP contribution in [0.5, 0.6) is 0 Å². The van der Waals surface area contributed by atoms with Gasteiger partial charge < -0.3 is 10.6 Å². The zero-order valence-corrected chi connectivity index (χ0v) is 16.8. The molecule has 0 aliphatic heterocycles. The van der Waals surface area contributed by atoms with E-state index in [9.17, 15) is 4.79 Å². The predicted molar refractivity (Wildman–Crippen MR) is 103 cm³/mol. The topological polar surface area (TPSA) is 84.7 Å². The lowest BCUT2D eigenvalue weighted by Gasteiger charge is -2.40. The molecule has 0 bridgehead atoms. The summed E-state index contributed by atoms with van der Waals surface area (Å²) in [6, 6.07) is 0.924. The highest BCUT2D eigenvalue weighted by Gasteiger charge is 2.59. The van der Waals surface area contributed by atoms with Gasteiger partial charge in [-0.05, 0) is 87.6 Å². The molecule has 148 valence electrons. The van der Waals surface area contributed by atoms with Crippen LogP contribution in [0.1, 0.15) is 84.0 Å². The Morgan fingerprint density at radius 1 is 1.33 bits per heavy atom. The second-order valence-electron chi connectivity index (χ2n) is 9.73. The molecule has 3 fully saturated rings. The minimum atomic E-state index is -0.412. The molecule has 2 atom stereocenters. The van der Waals surface area contributed by atoms with Crippen LogP contribution in [0.4, 0.5) is 0 Å². The molecule has 3 saturated carbocycles. The van der Waals surface area contributed by atoms with E-state index >= 15 is 0 Å². The van der Waals surface area contributed by atoms with E-state index in [1.165, 1.54) is 38.2 Å². The number of aromatic nitrogens is 4. The molecule has 0 radical (unpaired) electrons. The van der Waals surface area contributed by atoms with Gasteiger partial charge in [-0.3, -0.25) is 4.79 Å². The molecule has 2 N–H and O–H groups in total. The largest absolute Gasteiger partial charge is 0.348 e. The monoisotopic (exact) mass is 372 g/mol. The molecule has 1 aromatic heterocycles. The number of rotatable bonds is 8. The zero-order valence-electron chi connectivity index (χ0n) is 16.8. The minimum absolute atomic E-state index is 0.150. The molecular formula is C20H32N6O. The van der Waals surface area contributed by atoms with Gasteiger partial charge in [0.2, 0.25) is 5.91 Å². The zero-order chi connectivity index (χ0) is 19.3. The third-order valence-electron chi connectivity index (χ3n) is 6.88. The highest BCUT2D eigenvalue weighted by Crippen LogP contribution is 2.61. The lowest BCUT2D eigenvalue weighted by Crippen LogP contribution is -2.54. The number of carbonyl (C=O) groups excluding carboxylic acids is 1. The van der Waals surface area contributed by atoms with Crippen LogP contribution in [0.15, 0.2) is 12.7 Å². The van der Waals surface area contributed by atoms with E-state index in [1.807, 2.05) is 4.68 Å². The third-order valence-corrected chi connectivity index (χ3v) is 6.88. The van der Waals surface area contributed by atoms with Gasteiger partial charge in [0.15, 0.2) is 5.82 Å². The van der Waals surface area contributed by atoms with Crippen molar-refractivity contribution in [1.29, 1.82) is 0 Å². The molecule has 1 spiro atoms. The molecular weight excluding hydrogens is 340 g/mol. The Labute approximate surface area is 161 Å². The van der Waals surface area contributed by atoms with Crippen LogP contribution in [-0.4, -0.2) is 37.7 Å².